The van der Waals surface area contributed by atoms with Crippen molar-refractivity contribution < 1.29 is 4.79 Å². The predicted molar refractivity (Wildman–Crippen MR) is 167 cm³/mol. The molecule has 194 valence electrons. The first-order valence-electron chi connectivity index (χ1n) is 12.3. The van der Waals surface area contributed by atoms with Crippen LogP contribution in [0.25, 0.3) is 45.7 Å². The molecule has 0 aliphatic heterocycles. The summed E-state index contributed by atoms with van der Waals surface area (Å²) in [5, 5.41) is 28.7. The van der Waals surface area contributed by atoms with Crippen LogP contribution in [0.1, 0.15) is 37.5 Å². The molecule has 0 radical (unpaired) electrons. The van der Waals surface area contributed by atoms with Crippen molar-refractivity contribution in [2.24, 2.45) is 0 Å². The minimum atomic E-state index is -0.371. The van der Waals surface area contributed by atoms with Crippen LogP contribution < -0.4 is 4.90 Å². The molecular formula is C32H17N5OS3. The lowest BCUT2D eigenvalue weighted by Gasteiger charge is -2.14. The van der Waals surface area contributed by atoms with Crippen LogP contribution in [0.4, 0.5) is 5.69 Å². The molecule has 0 unspecified atom stereocenters. The largest absolute Gasteiger partial charge is 0.378 e. The maximum absolute atomic E-state index is 13.5. The zero-order chi connectivity index (χ0) is 29.0. The molecule has 0 N–H and O–H groups in total. The number of nitriles is 3. The van der Waals surface area contributed by atoms with Gasteiger partial charge in [-0.3, -0.25) is 4.79 Å². The average molecular weight is 584 g/mol. The van der Waals surface area contributed by atoms with E-state index in [1.807, 2.05) is 38.4 Å². The number of carbonyl (C=O) groups excluding carboxylic acids is 1. The molecule has 1 aliphatic rings. The number of aryl methyl sites for hydroxylation is 1. The van der Waals surface area contributed by atoms with E-state index in [2.05, 4.69) is 40.9 Å². The van der Waals surface area contributed by atoms with E-state index in [9.17, 15) is 20.6 Å². The Morgan fingerprint density at radius 1 is 0.902 bits per heavy atom. The van der Waals surface area contributed by atoms with Crippen molar-refractivity contribution in [2.75, 3.05) is 19.0 Å². The van der Waals surface area contributed by atoms with Gasteiger partial charge in [0.2, 0.25) is 0 Å². The highest BCUT2D eigenvalue weighted by atomic mass is 32.1. The zero-order valence-corrected chi connectivity index (χ0v) is 24.4. The van der Waals surface area contributed by atoms with Gasteiger partial charge in [-0.1, -0.05) is 6.07 Å². The van der Waals surface area contributed by atoms with Gasteiger partial charge in [-0.25, -0.2) is 10.1 Å². The number of hydrogen-bond donors (Lipinski definition) is 0. The molecule has 3 heterocycles. The molecule has 0 saturated heterocycles. The molecule has 41 heavy (non-hydrogen) atoms. The SMILES string of the molecule is [C-]#[N+]/C(C#N)=C1\C(=C\c2cc3sc4cc(-c5ccc(N(C)C)cc5C)sc4c3s2)C(=O)c2cc(C#N)c(C#N)cc21. The summed E-state index contributed by atoms with van der Waals surface area (Å²) < 4.78 is 4.64. The van der Waals surface area contributed by atoms with Gasteiger partial charge in [-0.2, -0.15) is 10.5 Å². The Morgan fingerprint density at radius 2 is 1.59 bits per heavy atom. The molecule has 0 saturated carbocycles. The van der Waals surface area contributed by atoms with Gasteiger partial charge in [0.15, 0.2) is 5.78 Å². The van der Waals surface area contributed by atoms with Gasteiger partial charge in [0.05, 0.1) is 33.2 Å². The molecule has 1 aliphatic carbocycles. The second-order valence-corrected chi connectivity index (χ2v) is 12.9. The molecule has 3 aromatic heterocycles. The first-order chi connectivity index (χ1) is 19.8. The van der Waals surface area contributed by atoms with Crippen LogP contribution >= 0.6 is 34.0 Å². The molecule has 0 amide bonds. The van der Waals surface area contributed by atoms with Crippen LogP contribution in [-0.4, -0.2) is 19.9 Å². The van der Waals surface area contributed by atoms with E-state index in [-0.39, 0.29) is 39.3 Å². The number of anilines is 1. The van der Waals surface area contributed by atoms with Gasteiger partial charge < -0.3 is 4.90 Å². The Balaban J connectivity index is 1.47. The molecule has 5 aromatic rings. The van der Waals surface area contributed by atoms with E-state index in [0.717, 1.165) is 20.0 Å². The summed E-state index contributed by atoms with van der Waals surface area (Å²) in [5.74, 6) is -0.371. The number of allylic oxidation sites excluding steroid dienone is 3. The van der Waals surface area contributed by atoms with Crippen molar-refractivity contribution in [3.8, 4) is 28.6 Å². The van der Waals surface area contributed by atoms with E-state index in [1.165, 1.54) is 37.5 Å². The van der Waals surface area contributed by atoms with Gasteiger partial charge in [-0.15, -0.1) is 34.0 Å². The number of benzene rings is 2. The number of nitrogens with zero attached hydrogens (tertiary/aromatic N) is 5. The number of rotatable bonds is 3. The summed E-state index contributed by atoms with van der Waals surface area (Å²) in [4.78, 5) is 21.0. The Kier molecular flexibility index (Phi) is 6.30. The molecule has 6 rings (SSSR count). The third kappa shape index (κ3) is 4.13. The van der Waals surface area contributed by atoms with Crippen molar-refractivity contribution in [1.29, 1.82) is 15.8 Å². The van der Waals surface area contributed by atoms with Crippen molar-refractivity contribution in [1.82, 2.24) is 0 Å². The highest BCUT2D eigenvalue weighted by molar-refractivity contribution is 7.39. The van der Waals surface area contributed by atoms with E-state index in [4.69, 9.17) is 6.57 Å². The topological polar surface area (TPSA) is 96.0 Å². The van der Waals surface area contributed by atoms with Gasteiger partial charge in [-0.05, 0) is 66.1 Å². The third-order valence-corrected chi connectivity index (χ3v) is 10.8. The van der Waals surface area contributed by atoms with E-state index in [0.29, 0.717) is 5.56 Å². The Labute approximate surface area is 248 Å². The quantitative estimate of drug-likeness (QED) is 0.121. The van der Waals surface area contributed by atoms with Crippen molar-refractivity contribution in [3.05, 3.63) is 97.8 Å². The van der Waals surface area contributed by atoms with Crippen LogP contribution in [0.5, 0.6) is 0 Å². The van der Waals surface area contributed by atoms with Crippen LogP contribution in [-0.2, 0) is 0 Å². The van der Waals surface area contributed by atoms with Crippen LogP contribution in [0.2, 0.25) is 0 Å². The summed E-state index contributed by atoms with van der Waals surface area (Å²) in [6, 6.07) is 19.4. The monoisotopic (exact) mass is 583 g/mol. The molecule has 0 spiro atoms. The zero-order valence-electron chi connectivity index (χ0n) is 22.0. The smallest absolute Gasteiger partial charge is 0.270 e. The van der Waals surface area contributed by atoms with Gasteiger partial charge in [0.1, 0.15) is 12.1 Å². The summed E-state index contributed by atoms with van der Waals surface area (Å²) in [6.45, 7) is 9.67. The van der Waals surface area contributed by atoms with Crippen molar-refractivity contribution in [2.45, 2.75) is 6.92 Å². The minimum Gasteiger partial charge on any atom is -0.378 e. The number of hydrogen-bond acceptors (Lipinski definition) is 8. The number of carbonyl (C=O) groups is 1. The fourth-order valence-electron chi connectivity index (χ4n) is 5.01. The number of ketones is 1. The highest BCUT2D eigenvalue weighted by Gasteiger charge is 2.34. The number of Topliss-reactive ketones (excluding diaryl/α,β-unsaturated/α-hetero) is 1. The Hall–Kier alpha value is -5.03. The molecule has 0 fully saturated rings. The van der Waals surface area contributed by atoms with Gasteiger partial charge in [0.25, 0.3) is 5.70 Å². The molecule has 2 aromatic carbocycles. The lowest BCUT2D eigenvalue weighted by Crippen LogP contribution is -2.08. The van der Waals surface area contributed by atoms with Crippen LogP contribution in [0.15, 0.2) is 53.7 Å². The first-order valence-corrected chi connectivity index (χ1v) is 14.7. The van der Waals surface area contributed by atoms with E-state index >= 15 is 0 Å². The van der Waals surface area contributed by atoms with Crippen LogP contribution in [0.3, 0.4) is 0 Å². The second kappa shape index (κ2) is 9.86. The Bertz CT molecular complexity index is 2200. The molecular weight excluding hydrogens is 567 g/mol. The normalized spacial score (nSPS) is 14.5. The Morgan fingerprint density at radius 3 is 2.22 bits per heavy atom. The van der Waals surface area contributed by atoms with Gasteiger partial charge >= 0.3 is 0 Å². The number of thiophene rings is 3. The molecule has 9 heteroatoms. The van der Waals surface area contributed by atoms with Crippen LogP contribution in [0, 0.1) is 47.5 Å². The highest BCUT2D eigenvalue weighted by Crippen LogP contribution is 2.48. The van der Waals surface area contributed by atoms with Gasteiger partial charge in [0, 0.05) is 55.6 Å². The summed E-state index contributed by atoms with van der Waals surface area (Å²) in [7, 11) is 4.06. The first kappa shape index (κ1) is 26.2. The average Bonchev–Trinajstić information content (AvgIpc) is 3.69. The lowest BCUT2D eigenvalue weighted by molar-refractivity contribution is 0.104. The van der Waals surface area contributed by atoms with Crippen molar-refractivity contribution >= 4 is 75.9 Å². The fraction of sp³-hybridized carbons (Fsp3) is 0.0938. The lowest BCUT2D eigenvalue weighted by atomic mass is 9.98. The standard InChI is InChI=1S/C32H17N5OS3/c1-16-7-19(37(3)4)5-6-21(16)26-12-28-32(41-26)31-27(40-28)11-20(39-31)10-24-29(25(15-35)36-2)22-8-17(13-33)18(14-34)9-23(22)30(24)38/h5-12H,1,3-4H3/b24-10-,29-25-. The minimum absolute atomic E-state index is 0.0839. The maximum Gasteiger partial charge on any atom is 0.270 e. The molecule has 0 bridgehead atoms. The summed E-state index contributed by atoms with van der Waals surface area (Å²) in [6.07, 6.45) is 1.72. The predicted octanol–water partition coefficient (Wildman–Crippen LogP) is 8.40. The maximum atomic E-state index is 13.5. The van der Waals surface area contributed by atoms with Crippen molar-refractivity contribution in [3.63, 3.8) is 0 Å². The molecule has 6 nitrogen and oxygen atoms in total. The third-order valence-electron chi connectivity index (χ3n) is 7.00. The molecule has 0 atom stereocenters. The fourth-order valence-corrected chi connectivity index (χ4v) is 9.08. The summed E-state index contributed by atoms with van der Waals surface area (Å²) >= 11 is 5.01. The summed E-state index contributed by atoms with van der Waals surface area (Å²) in [5.41, 5.74) is 4.52. The van der Waals surface area contributed by atoms with E-state index in [1.54, 1.807) is 40.1 Å². The van der Waals surface area contributed by atoms with E-state index < -0.39 is 0 Å². The second-order valence-electron chi connectivity index (χ2n) is 9.64. The number of fused-ring (bicyclic) bond motifs is 4.